The largest absolute Gasteiger partial charge is 0.382 e. The lowest BCUT2D eigenvalue weighted by Gasteiger charge is -2.25. The molecular formula is C12H24N2O3. The van der Waals surface area contributed by atoms with Gasteiger partial charge in [0.1, 0.15) is 0 Å². The fourth-order valence-corrected chi connectivity index (χ4v) is 2.07. The lowest BCUT2D eigenvalue weighted by molar-refractivity contribution is -0.130. The van der Waals surface area contributed by atoms with Crippen LogP contribution < -0.4 is 10.6 Å². The molecule has 0 aliphatic carbocycles. The number of hydrogen-bond acceptors (Lipinski definition) is 4. The molecule has 1 fully saturated rings. The lowest BCUT2D eigenvalue weighted by atomic mass is 9.83. The standard InChI is InChI=1S/C12H24N2O3/c1-3-12(4-5-13-10-12)11(15)14-6-7-17-9-8-16-2/h13H,3-10H2,1-2H3,(H,14,15). The van der Waals surface area contributed by atoms with Gasteiger partial charge >= 0.3 is 0 Å². The van der Waals surface area contributed by atoms with Crippen molar-refractivity contribution in [3.05, 3.63) is 0 Å². The maximum Gasteiger partial charge on any atom is 0.227 e. The van der Waals surface area contributed by atoms with Gasteiger partial charge in [-0.15, -0.1) is 0 Å². The van der Waals surface area contributed by atoms with Crippen molar-refractivity contribution >= 4 is 5.91 Å². The molecule has 5 heteroatoms. The summed E-state index contributed by atoms with van der Waals surface area (Å²) < 4.78 is 10.2. The molecule has 0 bridgehead atoms. The van der Waals surface area contributed by atoms with Crippen LogP contribution >= 0.6 is 0 Å². The van der Waals surface area contributed by atoms with Crippen molar-refractivity contribution in [2.45, 2.75) is 19.8 Å². The Morgan fingerprint density at radius 1 is 1.41 bits per heavy atom. The van der Waals surface area contributed by atoms with E-state index in [1.807, 2.05) is 0 Å². The first-order valence-electron chi connectivity index (χ1n) is 6.31. The van der Waals surface area contributed by atoms with Crippen molar-refractivity contribution in [2.75, 3.05) is 46.6 Å². The van der Waals surface area contributed by atoms with Gasteiger partial charge in [-0.25, -0.2) is 0 Å². The van der Waals surface area contributed by atoms with Crippen molar-refractivity contribution in [1.29, 1.82) is 0 Å². The van der Waals surface area contributed by atoms with E-state index in [2.05, 4.69) is 17.6 Å². The van der Waals surface area contributed by atoms with E-state index in [0.29, 0.717) is 26.4 Å². The Bertz CT molecular complexity index is 228. The van der Waals surface area contributed by atoms with E-state index in [0.717, 1.165) is 25.9 Å². The molecule has 100 valence electrons. The Kier molecular flexibility index (Phi) is 6.47. The van der Waals surface area contributed by atoms with E-state index in [9.17, 15) is 4.79 Å². The molecule has 1 rings (SSSR count). The van der Waals surface area contributed by atoms with Crippen LogP contribution in [0.3, 0.4) is 0 Å². The summed E-state index contributed by atoms with van der Waals surface area (Å²) in [5.74, 6) is 0.153. The zero-order valence-corrected chi connectivity index (χ0v) is 10.9. The second kappa shape index (κ2) is 7.63. The highest BCUT2D eigenvalue weighted by molar-refractivity contribution is 5.83. The highest BCUT2D eigenvalue weighted by Crippen LogP contribution is 2.29. The fraction of sp³-hybridized carbons (Fsp3) is 0.917. The molecule has 0 aromatic rings. The zero-order valence-electron chi connectivity index (χ0n) is 10.9. The van der Waals surface area contributed by atoms with Crippen LogP contribution in [0.2, 0.25) is 0 Å². The Labute approximate surface area is 103 Å². The van der Waals surface area contributed by atoms with E-state index in [-0.39, 0.29) is 11.3 Å². The number of hydrogen-bond donors (Lipinski definition) is 2. The molecule has 1 heterocycles. The number of carbonyl (C=O) groups is 1. The minimum absolute atomic E-state index is 0.153. The smallest absolute Gasteiger partial charge is 0.227 e. The summed E-state index contributed by atoms with van der Waals surface area (Å²) in [6, 6.07) is 0. The first kappa shape index (κ1) is 14.4. The molecule has 17 heavy (non-hydrogen) atoms. The van der Waals surface area contributed by atoms with Gasteiger partial charge < -0.3 is 20.1 Å². The highest BCUT2D eigenvalue weighted by atomic mass is 16.5. The third-order valence-corrected chi connectivity index (χ3v) is 3.37. The minimum Gasteiger partial charge on any atom is -0.382 e. The summed E-state index contributed by atoms with van der Waals surface area (Å²) in [5, 5.41) is 6.20. The third kappa shape index (κ3) is 4.26. The van der Waals surface area contributed by atoms with Crippen LogP contribution in [0.1, 0.15) is 19.8 Å². The van der Waals surface area contributed by atoms with E-state index >= 15 is 0 Å². The maximum absolute atomic E-state index is 12.1. The summed E-state index contributed by atoms with van der Waals surface area (Å²) in [4.78, 5) is 12.1. The molecular weight excluding hydrogens is 220 g/mol. The van der Waals surface area contributed by atoms with Crippen LogP contribution in [-0.4, -0.2) is 52.5 Å². The summed E-state index contributed by atoms with van der Waals surface area (Å²) in [5.41, 5.74) is -0.202. The first-order chi connectivity index (χ1) is 8.25. The molecule has 0 saturated carbocycles. The van der Waals surface area contributed by atoms with Crippen LogP contribution in [0, 0.1) is 5.41 Å². The van der Waals surface area contributed by atoms with E-state index < -0.39 is 0 Å². The van der Waals surface area contributed by atoms with Gasteiger partial charge in [-0.1, -0.05) is 6.92 Å². The van der Waals surface area contributed by atoms with Gasteiger partial charge in [-0.05, 0) is 19.4 Å². The topological polar surface area (TPSA) is 59.6 Å². The average molecular weight is 244 g/mol. The van der Waals surface area contributed by atoms with Gasteiger partial charge in [0, 0.05) is 20.2 Å². The molecule has 5 nitrogen and oxygen atoms in total. The summed E-state index contributed by atoms with van der Waals surface area (Å²) in [7, 11) is 1.64. The number of rotatable bonds is 8. The lowest BCUT2D eigenvalue weighted by Crippen LogP contribution is -2.43. The molecule has 0 radical (unpaired) electrons. The van der Waals surface area contributed by atoms with Gasteiger partial charge in [-0.3, -0.25) is 4.79 Å². The van der Waals surface area contributed by atoms with Crippen LogP contribution in [0.5, 0.6) is 0 Å². The third-order valence-electron chi connectivity index (χ3n) is 3.37. The number of ether oxygens (including phenoxy) is 2. The Morgan fingerprint density at radius 2 is 2.24 bits per heavy atom. The molecule has 0 aromatic heterocycles. The molecule has 0 spiro atoms. The summed E-state index contributed by atoms with van der Waals surface area (Å²) >= 11 is 0. The zero-order chi connectivity index (χ0) is 12.6. The SMILES string of the molecule is CCC1(C(=O)NCCOCCOC)CCNC1. The van der Waals surface area contributed by atoms with E-state index in [1.54, 1.807) is 7.11 Å². The Morgan fingerprint density at radius 3 is 2.82 bits per heavy atom. The van der Waals surface area contributed by atoms with Gasteiger partial charge in [0.15, 0.2) is 0 Å². The summed E-state index contributed by atoms with van der Waals surface area (Å²) in [6.45, 7) is 6.09. The van der Waals surface area contributed by atoms with Gasteiger partial charge in [0.2, 0.25) is 5.91 Å². The predicted molar refractivity (Wildman–Crippen MR) is 65.9 cm³/mol. The predicted octanol–water partition coefficient (Wildman–Crippen LogP) is 0.155. The van der Waals surface area contributed by atoms with E-state index in [4.69, 9.17) is 9.47 Å². The monoisotopic (exact) mass is 244 g/mol. The van der Waals surface area contributed by atoms with Crippen LogP contribution in [0.25, 0.3) is 0 Å². The normalized spacial score (nSPS) is 23.9. The Hall–Kier alpha value is -0.650. The number of methoxy groups -OCH3 is 1. The van der Waals surface area contributed by atoms with Crippen molar-refractivity contribution in [3.8, 4) is 0 Å². The molecule has 1 amide bonds. The van der Waals surface area contributed by atoms with Crippen molar-refractivity contribution < 1.29 is 14.3 Å². The molecule has 1 saturated heterocycles. The van der Waals surface area contributed by atoms with Crippen molar-refractivity contribution in [3.63, 3.8) is 0 Å². The number of carbonyl (C=O) groups excluding carboxylic acids is 1. The van der Waals surface area contributed by atoms with Crippen LogP contribution in [0.4, 0.5) is 0 Å². The van der Waals surface area contributed by atoms with Gasteiger partial charge in [0.25, 0.3) is 0 Å². The van der Waals surface area contributed by atoms with Gasteiger partial charge in [0.05, 0.1) is 25.2 Å². The highest BCUT2D eigenvalue weighted by Gasteiger charge is 2.38. The van der Waals surface area contributed by atoms with Crippen molar-refractivity contribution in [1.82, 2.24) is 10.6 Å². The number of amides is 1. The second-order valence-corrected chi connectivity index (χ2v) is 4.42. The molecule has 1 aliphatic rings. The summed E-state index contributed by atoms with van der Waals surface area (Å²) in [6.07, 6.45) is 1.82. The molecule has 0 aromatic carbocycles. The first-order valence-corrected chi connectivity index (χ1v) is 6.31. The molecule has 2 N–H and O–H groups in total. The molecule has 1 aliphatic heterocycles. The maximum atomic E-state index is 12.1. The van der Waals surface area contributed by atoms with Crippen LogP contribution in [-0.2, 0) is 14.3 Å². The minimum atomic E-state index is -0.202. The van der Waals surface area contributed by atoms with E-state index in [1.165, 1.54) is 0 Å². The molecule has 1 unspecified atom stereocenters. The molecule has 1 atom stereocenters. The average Bonchev–Trinajstić information content (AvgIpc) is 2.83. The fourth-order valence-electron chi connectivity index (χ4n) is 2.07. The van der Waals surface area contributed by atoms with Crippen LogP contribution in [0.15, 0.2) is 0 Å². The Balaban J connectivity index is 2.15. The van der Waals surface area contributed by atoms with Gasteiger partial charge in [-0.2, -0.15) is 0 Å². The quantitative estimate of drug-likeness (QED) is 0.597. The number of nitrogens with one attached hydrogen (secondary N) is 2. The van der Waals surface area contributed by atoms with Crippen molar-refractivity contribution in [2.24, 2.45) is 5.41 Å². The second-order valence-electron chi connectivity index (χ2n) is 4.42.